The zero-order valence-electron chi connectivity index (χ0n) is 10.9. The predicted octanol–water partition coefficient (Wildman–Crippen LogP) is 3.49. The molecule has 1 aromatic rings. The van der Waals surface area contributed by atoms with Gasteiger partial charge in [0.25, 0.3) is 0 Å². The Morgan fingerprint density at radius 1 is 1.25 bits per heavy atom. The van der Waals surface area contributed by atoms with E-state index in [1.165, 1.54) is 0 Å². The summed E-state index contributed by atoms with van der Waals surface area (Å²) in [4.78, 5) is 2.09. The highest BCUT2D eigenvalue weighted by atomic mass is 35.5. The standard InChI is InChI=1S/C14H16ClF3N2/c1-2-13(20-5-3-19-4-6-20)10-7-11(14(16,17)18)9-12(15)8-10/h2,7-9,13,19H,1,3-6H2/t13-/m1/s1. The average Bonchev–Trinajstić information content (AvgIpc) is 2.39. The lowest BCUT2D eigenvalue weighted by Gasteiger charge is -2.33. The Labute approximate surface area is 121 Å². The molecule has 1 N–H and O–H groups in total. The summed E-state index contributed by atoms with van der Waals surface area (Å²) in [5.74, 6) is 0. The Kier molecular flexibility index (Phi) is 4.73. The van der Waals surface area contributed by atoms with E-state index in [1.54, 1.807) is 12.1 Å². The van der Waals surface area contributed by atoms with Gasteiger partial charge in [0.1, 0.15) is 0 Å². The summed E-state index contributed by atoms with van der Waals surface area (Å²) < 4.78 is 38.5. The topological polar surface area (TPSA) is 15.3 Å². The minimum Gasteiger partial charge on any atom is -0.314 e. The van der Waals surface area contributed by atoms with Crippen LogP contribution in [0.15, 0.2) is 30.9 Å². The van der Waals surface area contributed by atoms with Gasteiger partial charge >= 0.3 is 6.18 Å². The molecule has 20 heavy (non-hydrogen) atoms. The van der Waals surface area contributed by atoms with E-state index in [9.17, 15) is 13.2 Å². The van der Waals surface area contributed by atoms with Crippen LogP contribution in [0, 0.1) is 0 Å². The summed E-state index contributed by atoms with van der Waals surface area (Å²) in [5.41, 5.74) is -0.191. The molecule has 0 aromatic heterocycles. The fraction of sp³-hybridized carbons (Fsp3) is 0.429. The van der Waals surface area contributed by atoms with E-state index in [0.717, 1.165) is 38.3 Å². The Morgan fingerprint density at radius 3 is 2.45 bits per heavy atom. The van der Waals surface area contributed by atoms with Gasteiger partial charge in [0.15, 0.2) is 0 Å². The molecule has 1 atom stereocenters. The summed E-state index contributed by atoms with van der Waals surface area (Å²) in [7, 11) is 0. The zero-order chi connectivity index (χ0) is 14.8. The van der Waals surface area contributed by atoms with Crippen molar-refractivity contribution in [3.05, 3.63) is 47.0 Å². The van der Waals surface area contributed by atoms with Crippen molar-refractivity contribution in [1.29, 1.82) is 0 Å². The number of halogens is 4. The smallest absolute Gasteiger partial charge is 0.314 e. The van der Waals surface area contributed by atoms with Gasteiger partial charge in [-0.2, -0.15) is 13.2 Å². The van der Waals surface area contributed by atoms with Gasteiger partial charge in [-0.3, -0.25) is 4.90 Å². The molecule has 0 radical (unpaired) electrons. The van der Waals surface area contributed by atoms with E-state index in [-0.39, 0.29) is 11.1 Å². The first kappa shape index (κ1) is 15.4. The van der Waals surface area contributed by atoms with Gasteiger partial charge in [0, 0.05) is 31.2 Å². The van der Waals surface area contributed by atoms with Crippen LogP contribution in [0.3, 0.4) is 0 Å². The zero-order valence-corrected chi connectivity index (χ0v) is 11.6. The van der Waals surface area contributed by atoms with Crippen molar-refractivity contribution in [2.75, 3.05) is 26.2 Å². The fourth-order valence-electron chi connectivity index (χ4n) is 2.40. The second kappa shape index (κ2) is 6.16. The molecule has 2 rings (SSSR count). The summed E-state index contributed by atoms with van der Waals surface area (Å²) in [6.45, 7) is 6.92. The summed E-state index contributed by atoms with van der Waals surface area (Å²) >= 11 is 5.83. The Balaban J connectivity index is 2.33. The van der Waals surface area contributed by atoms with E-state index >= 15 is 0 Å². The maximum absolute atomic E-state index is 12.8. The van der Waals surface area contributed by atoms with Crippen LogP contribution < -0.4 is 5.32 Å². The number of hydrogen-bond donors (Lipinski definition) is 1. The fourth-order valence-corrected chi connectivity index (χ4v) is 2.65. The van der Waals surface area contributed by atoms with Gasteiger partial charge in [-0.15, -0.1) is 6.58 Å². The highest BCUT2D eigenvalue weighted by Crippen LogP contribution is 2.34. The quantitative estimate of drug-likeness (QED) is 0.860. The monoisotopic (exact) mass is 304 g/mol. The molecule has 0 bridgehead atoms. The van der Waals surface area contributed by atoms with Gasteiger partial charge in [-0.25, -0.2) is 0 Å². The van der Waals surface area contributed by atoms with E-state index < -0.39 is 11.7 Å². The number of nitrogens with zero attached hydrogens (tertiary/aromatic N) is 1. The van der Waals surface area contributed by atoms with Gasteiger partial charge in [0.2, 0.25) is 0 Å². The third kappa shape index (κ3) is 3.53. The number of alkyl halides is 3. The second-order valence-corrected chi connectivity index (χ2v) is 5.17. The molecule has 1 saturated heterocycles. The van der Waals surface area contributed by atoms with E-state index in [0.29, 0.717) is 5.56 Å². The van der Waals surface area contributed by atoms with Crippen molar-refractivity contribution < 1.29 is 13.2 Å². The molecule has 110 valence electrons. The third-order valence-corrected chi connectivity index (χ3v) is 3.58. The molecular weight excluding hydrogens is 289 g/mol. The van der Waals surface area contributed by atoms with E-state index in [1.807, 2.05) is 0 Å². The number of benzene rings is 1. The lowest BCUT2D eigenvalue weighted by molar-refractivity contribution is -0.137. The number of hydrogen-bond acceptors (Lipinski definition) is 2. The molecule has 1 aliphatic heterocycles. The molecular formula is C14H16ClF3N2. The van der Waals surface area contributed by atoms with Crippen LogP contribution in [-0.4, -0.2) is 31.1 Å². The molecule has 2 nitrogen and oxygen atoms in total. The summed E-state index contributed by atoms with van der Waals surface area (Å²) in [6.07, 6.45) is -2.73. The van der Waals surface area contributed by atoms with E-state index in [2.05, 4.69) is 16.8 Å². The SMILES string of the molecule is C=C[C@H](c1cc(Cl)cc(C(F)(F)F)c1)N1CCNCC1. The predicted molar refractivity (Wildman–Crippen MR) is 73.8 cm³/mol. The molecule has 0 amide bonds. The maximum Gasteiger partial charge on any atom is 0.416 e. The molecule has 1 heterocycles. The van der Waals surface area contributed by atoms with Crippen molar-refractivity contribution in [1.82, 2.24) is 10.2 Å². The second-order valence-electron chi connectivity index (χ2n) is 4.74. The maximum atomic E-state index is 12.8. The first-order valence-corrected chi connectivity index (χ1v) is 6.74. The minimum atomic E-state index is -4.39. The Bertz CT molecular complexity index is 482. The summed E-state index contributed by atoms with van der Waals surface area (Å²) in [5, 5.41) is 3.30. The van der Waals surface area contributed by atoms with Crippen molar-refractivity contribution >= 4 is 11.6 Å². The molecule has 0 aliphatic carbocycles. The number of rotatable bonds is 3. The van der Waals surface area contributed by atoms with Crippen molar-refractivity contribution in [2.24, 2.45) is 0 Å². The molecule has 1 aromatic carbocycles. The van der Waals surface area contributed by atoms with Gasteiger partial charge in [0.05, 0.1) is 11.6 Å². The Morgan fingerprint density at radius 2 is 1.90 bits per heavy atom. The van der Waals surface area contributed by atoms with Crippen LogP contribution in [0.4, 0.5) is 13.2 Å². The molecule has 0 spiro atoms. The van der Waals surface area contributed by atoms with Crippen molar-refractivity contribution in [2.45, 2.75) is 12.2 Å². The lowest BCUT2D eigenvalue weighted by atomic mass is 10.0. The van der Waals surface area contributed by atoms with E-state index in [4.69, 9.17) is 11.6 Å². The van der Waals surface area contributed by atoms with Crippen LogP contribution in [0.25, 0.3) is 0 Å². The first-order chi connectivity index (χ1) is 9.41. The molecule has 6 heteroatoms. The van der Waals surface area contributed by atoms with Crippen molar-refractivity contribution in [3.63, 3.8) is 0 Å². The minimum absolute atomic E-state index is 0.0943. The average molecular weight is 305 g/mol. The highest BCUT2D eigenvalue weighted by Gasteiger charge is 2.32. The molecule has 1 aliphatic rings. The van der Waals surface area contributed by atoms with Crippen LogP contribution in [0.1, 0.15) is 17.2 Å². The third-order valence-electron chi connectivity index (χ3n) is 3.36. The van der Waals surface area contributed by atoms with Crippen LogP contribution in [0.5, 0.6) is 0 Å². The number of nitrogens with one attached hydrogen (secondary N) is 1. The molecule has 1 fully saturated rings. The van der Waals surface area contributed by atoms with Gasteiger partial charge in [-0.1, -0.05) is 17.7 Å². The van der Waals surface area contributed by atoms with Crippen LogP contribution >= 0.6 is 11.6 Å². The van der Waals surface area contributed by atoms with Crippen LogP contribution in [-0.2, 0) is 6.18 Å². The van der Waals surface area contributed by atoms with Crippen molar-refractivity contribution in [3.8, 4) is 0 Å². The largest absolute Gasteiger partial charge is 0.416 e. The highest BCUT2D eigenvalue weighted by molar-refractivity contribution is 6.30. The molecule has 0 saturated carbocycles. The first-order valence-electron chi connectivity index (χ1n) is 6.37. The normalized spacial score (nSPS) is 18.8. The summed E-state index contributed by atoms with van der Waals surface area (Å²) in [6, 6.07) is 3.42. The van der Waals surface area contributed by atoms with Crippen LogP contribution in [0.2, 0.25) is 5.02 Å². The lowest BCUT2D eigenvalue weighted by Crippen LogP contribution is -2.44. The molecule has 0 unspecified atom stereocenters. The van der Waals surface area contributed by atoms with Gasteiger partial charge in [-0.05, 0) is 23.8 Å². The van der Waals surface area contributed by atoms with Gasteiger partial charge < -0.3 is 5.32 Å². The Hall–Kier alpha value is -1.04. The number of piperazine rings is 1.